The topological polar surface area (TPSA) is 0 Å². The molecule has 292 valence electrons. The zero-order valence-corrected chi connectivity index (χ0v) is 35.2. The number of rotatable bonds is 4. The van der Waals surface area contributed by atoms with Gasteiger partial charge in [0.1, 0.15) is 0 Å². The second-order valence-corrected chi connectivity index (χ2v) is 17.7. The Balaban J connectivity index is 0.977. The molecule has 12 aromatic rings. The van der Waals surface area contributed by atoms with E-state index in [0.29, 0.717) is 0 Å². The summed E-state index contributed by atoms with van der Waals surface area (Å²) >= 11 is 1.91. The fourth-order valence-electron chi connectivity index (χ4n) is 10.5. The summed E-state index contributed by atoms with van der Waals surface area (Å²) < 4.78 is 2.67. The highest BCUT2D eigenvalue weighted by Crippen LogP contribution is 2.51. The van der Waals surface area contributed by atoms with Crippen molar-refractivity contribution in [3.8, 4) is 89.0 Å². The second-order valence-electron chi connectivity index (χ2n) is 16.6. The van der Waals surface area contributed by atoms with Gasteiger partial charge in [-0.15, -0.1) is 11.3 Å². The first-order valence-corrected chi connectivity index (χ1v) is 22.6. The first-order chi connectivity index (χ1) is 31.3. The summed E-state index contributed by atoms with van der Waals surface area (Å²) in [6, 6.07) is 85.5. The smallest absolute Gasteiger partial charge is 0.0434 e. The fraction of sp³-hybridized carbons (Fsp3) is 0. The fourth-order valence-corrected chi connectivity index (χ4v) is 11.8. The summed E-state index contributed by atoms with van der Waals surface area (Å²) in [4.78, 5) is 0. The van der Waals surface area contributed by atoms with Gasteiger partial charge in [-0.2, -0.15) is 0 Å². The van der Waals surface area contributed by atoms with E-state index in [2.05, 4.69) is 231 Å². The Bertz CT molecular complexity index is 3710. The molecule has 0 amide bonds. The van der Waals surface area contributed by atoms with Crippen molar-refractivity contribution in [2.45, 2.75) is 0 Å². The summed E-state index contributed by atoms with van der Waals surface area (Å²) in [6.07, 6.45) is 0. The predicted octanol–water partition coefficient (Wildman–Crippen LogP) is 18.0. The van der Waals surface area contributed by atoms with E-state index < -0.39 is 0 Å². The summed E-state index contributed by atoms with van der Waals surface area (Å²) in [5.74, 6) is 0. The van der Waals surface area contributed by atoms with Crippen LogP contribution in [0.2, 0.25) is 0 Å². The minimum absolute atomic E-state index is 1.22. The van der Waals surface area contributed by atoms with Crippen LogP contribution in [0.1, 0.15) is 0 Å². The molecule has 0 saturated heterocycles. The minimum Gasteiger partial charge on any atom is -0.134 e. The molecule has 0 spiro atoms. The highest BCUT2D eigenvalue weighted by atomic mass is 32.1. The molecule has 1 heteroatoms. The molecular weight excluding hydrogens is 777 g/mol. The van der Waals surface area contributed by atoms with Crippen LogP contribution in [0.15, 0.2) is 231 Å². The van der Waals surface area contributed by atoms with E-state index in [4.69, 9.17) is 0 Å². The summed E-state index contributed by atoms with van der Waals surface area (Å²) in [5.41, 5.74) is 20.1. The van der Waals surface area contributed by atoms with Crippen LogP contribution < -0.4 is 0 Å². The van der Waals surface area contributed by atoms with Gasteiger partial charge >= 0.3 is 0 Å². The number of benzene rings is 11. The van der Waals surface area contributed by atoms with Crippen LogP contribution in [0, 0.1) is 0 Å². The van der Waals surface area contributed by atoms with Crippen LogP contribution in [-0.4, -0.2) is 0 Å². The van der Waals surface area contributed by atoms with E-state index in [9.17, 15) is 0 Å². The molecule has 1 heterocycles. The number of fused-ring (bicyclic) bond motifs is 13. The van der Waals surface area contributed by atoms with Gasteiger partial charge in [-0.25, -0.2) is 0 Å². The maximum absolute atomic E-state index is 2.46. The zero-order valence-electron chi connectivity index (χ0n) is 34.3. The van der Waals surface area contributed by atoms with Crippen molar-refractivity contribution in [1.82, 2.24) is 0 Å². The van der Waals surface area contributed by atoms with Crippen molar-refractivity contribution in [2.24, 2.45) is 0 Å². The first kappa shape index (κ1) is 35.9. The van der Waals surface area contributed by atoms with Crippen molar-refractivity contribution in [3.63, 3.8) is 0 Å². The maximum atomic E-state index is 2.46. The summed E-state index contributed by atoms with van der Waals surface area (Å²) in [5, 5.41) is 7.65. The molecule has 0 N–H and O–H groups in total. The van der Waals surface area contributed by atoms with Gasteiger partial charge in [-0.05, 0) is 117 Å². The lowest BCUT2D eigenvalue weighted by Crippen LogP contribution is -1.97. The van der Waals surface area contributed by atoms with Crippen LogP contribution in [0.4, 0.5) is 0 Å². The van der Waals surface area contributed by atoms with Crippen molar-refractivity contribution in [1.29, 1.82) is 0 Å². The van der Waals surface area contributed by atoms with Crippen LogP contribution in [0.25, 0.3) is 131 Å². The van der Waals surface area contributed by atoms with Gasteiger partial charge in [0.25, 0.3) is 0 Å². The minimum atomic E-state index is 1.22. The third-order valence-corrected chi connectivity index (χ3v) is 14.6. The van der Waals surface area contributed by atoms with Gasteiger partial charge in [0, 0.05) is 20.2 Å². The van der Waals surface area contributed by atoms with E-state index in [-0.39, 0.29) is 0 Å². The molecule has 0 radical (unpaired) electrons. The molecule has 0 atom stereocenters. The Hall–Kier alpha value is -7.84. The average Bonchev–Trinajstić information content (AvgIpc) is 3.75. The Morgan fingerprint density at radius 3 is 0.984 bits per heavy atom. The quantitative estimate of drug-likeness (QED) is 0.155. The van der Waals surface area contributed by atoms with Crippen LogP contribution >= 0.6 is 11.3 Å². The summed E-state index contributed by atoms with van der Waals surface area (Å²) in [6.45, 7) is 0. The van der Waals surface area contributed by atoms with Crippen molar-refractivity contribution in [3.05, 3.63) is 231 Å². The van der Waals surface area contributed by atoms with Gasteiger partial charge in [-0.1, -0.05) is 224 Å². The van der Waals surface area contributed by atoms with Crippen LogP contribution in [-0.2, 0) is 0 Å². The Morgan fingerprint density at radius 1 is 0.190 bits per heavy atom. The lowest BCUT2D eigenvalue weighted by molar-refractivity contribution is 1.52. The monoisotopic (exact) mass is 814 g/mol. The molecule has 0 saturated carbocycles. The van der Waals surface area contributed by atoms with Gasteiger partial charge in [0.05, 0.1) is 0 Å². The molecular formula is C62H38S. The number of thiophene rings is 1. The first-order valence-electron chi connectivity index (χ1n) is 21.8. The molecule has 0 nitrogen and oxygen atoms in total. The average molecular weight is 815 g/mol. The third kappa shape index (κ3) is 5.60. The van der Waals surface area contributed by atoms with Gasteiger partial charge in [0.2, 0.25) is 0 Å². The Labute approximate surface area is 370 Å². The van der Waals surface area contributed by atoms with Gasteiger partial charge in [0.15, 0.2) is 0 Å². The van der Waals surface area contributed by atoms with E-state index in [1.165, 1.54) is 131 Å². The molecule has 0 bridgehead atoms. The predicted molar refractivity (Wildman–Crippen MR) is 271 cm³/mol. The molecule has 0 aliphatic heterocycles. The molecule has 0 unspecified atom stereocenters. The molecule has 1 aliphatic carbocycles. The SMILES string of the molecule is c1ccc(-c2cccc3c2sc2c(-c4ccc(-c5c6ccccc6c(-c6ccc7c(c6)-c6ccccc6-c6ccccc6-c6ccccc6-7)c6ccccc56)cc4)cccc23)cc1. The lowest BCUT2D eigenvalue weighted by Gasteiger charge is -2.24. The highest BCUT2D eigenvalue weighted by molar-refractivity contribution is 7.26. The van der Waals surface area contributed by atoms with Crippen molar-refractivity contribution < 1.29 is 0 Å². The maximum Gasteiger partial charge on any atom is 0.0434 e. The van der Waals surface area contributed by atoms with Gasteiger partial charge in [-0.3, -0.25) is 0 Å². The molecule has 1 aromatic heterocycles. The molecule has 0 fully saturated rings. The van der Waals surface area contributed by atoms with Crippen molar-refractivity contribution >= 4 is 53.1 Å². The van der Waals surface area contributed by atoms with E-state index >= 15 is 0 Å². The van der Waals surface area contributed by atoms with Crippen molar-refractivity contribution in [2.75, 3.05) is 0 Å². The molecule has 63 heavy (non-hydrogen) atoms. The van der Waals surface area contributed by atoms with E-state index in [1.807, 2.05) is 11.3 Å². The van der Waals surface area contributed by atoms with Crippen LogP contribution in [0.5, 0.6) is 0 Å². The van der Waals surface area contributed by atoms with E-state index in [0.717, 1.165) is 0 Å². The standard InChI is InChI=1S/C62H38S/c1-2-16-39(17-3-1)43-28-14-30-56-57-31-15-29-44(62(57)63-61(43)56)40-32-34-41(35-33-40)59-52-24-10-12-26-54(52)60(55-27-13-11-25-53(55)59)42-36-37-51-49-22-7-6-20-47(49)45-18-4-5-19-46(45)48-21-8-9-23-50(48)58(51)38-42/h1-38H. The lowest BCUT2D eigenvalue weighted by atomic mass is 9.79. The second kappa shape index (κ2) is 14.4. The number of hydrogen-bond acceptors (Lipinski definition) is 1. The zero-order chi connectivity index (χ0) is 41.4. The van der Waals surface area contributed by atoms with Crippen LogP contribution in [0.3, 0.4) is 0 Å². The summed E-state index contributed by atoms with van der Waals surface area (Å²) in [7, 11) is 0. The molecule has 11 aromatic carbocycles. The third-order valence-electron chi connectivity index (χ3n) is 13.3. The Kier molecular flexibility index (Phi) is 8.19. The Morgan fingerprint density at radius 2 is 0.508 bits per heavy atom. The number of hydrogen-bond donors (Lipinski definition) is 0. The molecule has 13 rings (SSSR count). The highest BCUT2D eigenvalue weighted by Gasteiger charge is 2.24. The largest absolute Gasteiger partial charge is 0.134 e. The van der Waals surface area contributed by atoms with E-state index in [1.54, 1.807) is 0 Å². The molecule has 1 aliphatic rings. The van der Waals surface area contributed by atoms with Gasteiger partial charge < -0.3 is 0 Å². The normalized spacial score (nSPS) is 11.8.